The van der Waals surface area contributed by atoms with E-state index in [4.69, 9.17) is 11.6 Å². The molecule has 0 spiro atoms. The Morgan fingerprint density at radius 2 is 1.85 bits per heavy atom. The smallest absolute Gasteiger partial charge is 0.240 e. The summed E-state index contributed by atoms with van der Waals surface area (Å²) in [4.78, 5) is 12.8. The number of hydrogen-bond donors (Lipinski definition) is 0. The van der Waals surface area contributed by atoms with E-state index < -0.39 is 15.2 Å². The predicted molar refractivity (Wildman–Crippen MR) is 50.5 cm³/mol. The lowest BCUT2D eigenvalue weighted by molar-refractivity contribution is -0.130. The molecule has 1 atom stereocenters. The molecule has 0 bridgehead atoms. The number of amides is 1. The maximum atomic E-state index is 11.3. The topological polar surface area (TPSA) is 54.5 Å². The van der Waals surface area contributed by atoms with E-state index in [2.05, 4.69) is 0 Å². The van der Waals surface area contributed by atoms with Crippen LogP contribution in [0.3, 0.4) is 0 Å². The van der Waals surface area contributed by atoms with Crippen LogP contribution in [0, 0.1) is 0 Å². The Bertz CT molecular complexity index is 285. The summed E-state index contributed by atoms with van der Waals surface area (Å²) in [6.07, 6.45) is 0. The van der Waals surface area contributed by atoms with Gasteiger partial charge in [-0.3, -0.25) is 4.79 Å². The Morgan fingerprint density at radius 3 is 2.23 bits per heavy atom. The quantitative estimate of drug-likeness (QED) is 0.585. The van der Waals surface area contributed by atoms with E-state index in [9.17, 15) is 13.2 Å². The lowest BCUT2D eigenvalue weighted by Crippen LogP contribution is -2.46. The fourth-order valence-corrected chi connectivity index (χ4v) is 2.52. The second kappa shape index (κ2) is 3.84. The van der Waals surface area contributed by atoms with E-state index in [1.807, 2.05) is 0 Å². The van der Waals surface area contributed by atoms with Crippen molar-refractivity contribution in [1.29, 1.82) is 0 Å². The van der Waals surface area contributed by atoms with Crippen LogP contribution in [0.1, 0.15) is 6.92 Å². The van der Waals surface area contributed by atoms with Crippen molar-refractivity contribution in [2.24, 2.45) is 0 Å². The van der Waals surface area contributed by atoms with E-state index in [1.54, 1.807) is 6.92 Å². The molecule has 1 aliphatic heterocycles. The van der Waals surface area contributed by atoms with Gasteiger partial charge in [0.25, 0.3) is 0 Å². The van der Waals surface area contributed by atoms with Gasteiger partial charge in [-0.2, -0.15) is 0 Å². The van der Waals surface area contributed by atoms with E-state index in [1.165, 1.54) is 4.90 Å². The number of carbonyl (C=O) groups is 1. The maximum absolute atomic E-state index is 11.3. The van der Waals surface area contributed by atoms with Crippen LogP contribution in [0.5, 0.6) is 0 Å². The molecule has 0 N–H and O–H groups in total. The second-order valence-corrected chi connectivity index (χ2v) is 6.05. The third-order valence-corrected chi connectivity index (χ3v) is 3.79. The van der Waals surface area contributed by atoms with Crippen molar-refractivity contribution in [3.05, 3.63) is 0 Å². The van der Waals surface area contributed by atoms with Crippen LogP contribution < -0.4 is 0 Å². The first-order chi connectivity index (χ1) is 5.92. The summed E-state index contributed by atoms with van der Waals surface area (Å²) in [6.45, 7) is 2.14. The van der Waals surface area contributed by atoms with Crippen molar-refractivity contribution in [2.75, 3.05) is 24.6 Å². The minimum Gasteiger partial charge on any atom is -0.339 e. The maximum Gasteiger partial charge on any atom is 0.240 e. The van der Waals surface area contributed by atoms with Gasteiger partial charge in [0, 0.05) is 13.1 Å². The summed E-state index contributed by atoms with van der Waals surface area (Å²) in [6, 6.07) is 0. The second-order valence-electron chi connectivity index (χ2n) is 3.09. The van der Waals surface area contributed by atoms with Crippen LogP contribution in [0.4, 0.5) is 0 Å². The molecular weight excluding hydrogens is 214 g/mol. The minimum atomic E-state index is -2.91. The Kier molecular flexibility index (Phi) is 3.18. The molecule has 0 radical (unpaired) electrons. The Hall–Kier alpha value is -0.290. The van der Waals surface area contributed by atoms with Crippen molar-refractivity contribution < 1.29 is 13.2 Å². The fourth-order valence-electron chi connectivity index (χ4n) is 1.18. The number of alkyl halides is 1. The van der Waals surface area contributed by atoms with Crippen molar-refractivity contribution in [3.63, 3.8) is 0 Å². The monoisotopic (exact) mass is 225 g/mol. The lowest BCUT2D eigenvalue weighted by Gasteiger charge is -2.27. The van der Waals surface area contributed by atoms with Crippen molar-refractivity contribution in [3.8, 4) is 0 Å². The normalized spacial score (nSPS) is 24.0. The van der Waals surface area contributed by atoms with Gasteiger partial charge in [0.2, 0.25) is 5.91 Å². The highest BCUT2D eigenvalue weighted by Crippen LogP contribution is 2.07. The number of rotatable bonds is 1. The van der Waals surface area contributed by atoms with Crippen LogP contribution >= 0.6 is 11.6 Å². The highest BCUT2D eigenvalue weighted by molar-refractivity contribution is 7.91. The molecule has 0 unspecified atom stereocenters. The molecule has 4 nitrogen and oxygen atoms in total. The number of nitrogens with zero attached hydrogens (tertiary/aromatic N) is 1. The third-order valence-electron chi connectivity index (χ3n) is 2.00. The number of hydrogen-bond acceptors (Lipinski definition) is 3. The lowest BCUT2D eigenvalue weighted by atomic mass is 10.4. The van der Waals surface area contributed by atoms with Gasteiger partial charge < -0.3 is 4.90 Å². The van der Waals surface area contributed by atoms with Gasteiger partial charge in [0.1, 0.15) is 5.38 Å². The fraction of sp³-hybridized carbons (Fsp3) is 0.857. The molecule has 0 aromatic carbocycles. The number of sulfone groups is 1. The van der Waals surface area contributed by atoms with Crippen LogP contribution in [0.15, 0.2) is 0 Å². The van der Waals surface area contributed by atoms with Gasteiger partial charge in [-0.15, -0.1) is 11.6 Å². The van der Waals surface area contributed by atoms with Crippen molar-refractivity contribution in [1.82, 2.24) is 4.90 Å². The van der Waals surface area contributed by atoms with Crippen molar-refractivity contribution in [2.45, 2.75) is 12.3 Å². The Morgan fingerprint density at radius 1 is 1.38 bits per heavy atom. The van der Waals surface area contributed by atoms with Gasteiger partial charge in [-0.25, -0.2) is 8.42 Å². The van der Waals surface area contributed by atoms with Gasteiger partial charge >= 0.3 is 0 Å². The average Bonchev–Trinajstić information content (AvgIpc) is 2.03. The average molecular weight is 226 g/mol. The van der Waals surface area contributed by atoms with Gasteiger partial charge in [0.05, 0.1) is 11.5 Å². The van der Waals surface area contributed by atoms with E-state index in [0.29, 0.717) is 0 Å². The molecule has 13 heavy (non-hydrogen) atoms. The van der Waals surface area contributed by atoms with Gasteiger partial charge in [-0.05, 0) is 6.92 Å². The zero-order valence-corrected chi connectivity index (χ0v) is 8.94. The number of halogens is 1. The minimum absolute atomic E-state index is 0.0579. The summed E-state index contributed by atoms with van der Waals surface area (Å²) in [5.74, 6) is -0.0680. The molecule has 6 heteroatoms. The molecule has 0 aromatic heterocycles. The standard InChI is InChI=1S/C7H12ClNO3S/c1-6(8)7(10)9-2-4-13(11,12)5-3-9/h6H,2-5H2,1H3/t6-/m1/s1. The summed E-state index contributed by atoms with van der Waals surface area (Å²) >= 11 is 5.59. The van der Waals surface area contributed by atoms with Crippen molar-refractivity contribution >= 4 is 27.3 Å². The first kappa shape index (κ1) is 10.8. The van der Waals surface area contributed by atoms with Crippen LogP contribution in [-0.2, 0) is 14.6 Å². The first-order valence-electron chi connectivity index (χ1n) is 4.06. The van der Waals surface area contributed by atoms with Crippen LogP contribution in [0.2, 0.25) is 0 Å². The molecule has 1 rings (SSSR count). The SMILES string of the molecule is C[C@@H](Cl)C(=O)N1CCS(=O)(=O)CC1. The van der Waals surface area contributed by atoms with E-state index >= 15 is 0 Å². The molecule has 1 amide bonds. The molecule has 76 valence electrons. The van der Waals surface area contributed by atoms with Gasteiger partial charge in [0.15, 0.2) is 9.84 Å². The zero-order chi connectivity index (χ0) is 10.1. The predicted octanol–water partition coefficient (Wildman–Crippen LogP) is -0.129. The highest BCUT2D eigenvalue weighted by atomic mass is 35.5. The van der Waals surface area contributed by atoms with Crippen LogP contribution in [-0.4, -0.2) is 49.2 Å². The molecule has 1 aliphatic rings. The van der Waals surface area contributed by atoms with Gasteiger partial charge in [-0.1, -0.05) is 0 Å². The molecule has 1 heterocycles. The number of carbonyl (C=O) groups excluding carboxylic acids is 1. The first-order valence-corrected chi connectivity index (χ1v) is 6.31. The largest absolute Gasteiger partial charge is 0.339 e. The summed E-state index contributed by atoms with van der Waals surface area (Å²) in [5, 5.41) is -0.569. The molecule has 0 saturated carbocycles. The summed E-state index contributed by atoms with van der Waals surface area (Å²) in [5.41, 5.74) is 0. The van der Waals surface area contributed by atoms with Crippen LogP contribution in [0.25, 0.3) is 0 Å². The zero-order valence-electron chi connectivity index (χ0n) is 7.36. The molecular formula is C7H12ClNO3S. The molecule has 1 saturated heterocycles. The third kappa shape index (κ3) is 2.84. The molecule has 0 aliphatic carbocycles. The molecule has 1 fully saturated rings. The Labute approximate surface area is 82.8 Å². The van der Waals surface area contributed by atoms with E-state index in [-0.39, 0.29) is 30.5 Å². The highest BCUT2D eigenvalue weighted by Gasteiger charge is 2.26. The van der Waals surface area contributed by atoms with E-state index in [0.717, 1.165) is 0 Å². The molecule has 0 aromatic rings. The summed E-state index contributed by atoms with van der Waals surface area (Å²) < 4.78 is 22.0. The summed E-state index contributed by atoms with van der Waals surface area (Å²) in [7, 11) is -2.91. The Balaban J connectivity index is 2.55.